The summed E-state index contributed by atoms with van der Waals surface area (Å²) in [5.74, 6) is -0.824. The van der Waals surface area contributed by atoms with Gasteiger partial charge in [0.15, 0.2) is 5.82 Å². The Hall–Kier alpha value is -4.38. The van der Waals surface area contributed by atoms with Gasteiger partial charge in [-0.15, -0.1) is 10.2 Å². The van der Waals surface area contributed by atoms with Crippen molar-refractivity contribution < 1.29 is 13.6 Å². The van der Waals surface area contributed by atoms with E-state index in [0.717, 1.165) is 40.0 Å². The van der Waals surface area contributed by atoms with Crippen LogP contribution >= 0.6 is 0 Å². The SMILES string of the molecule is C[C@H]1CN(C(=O)Cc2ccc(F)cc2F)CCN1c1nnc(-c2ccc(C#N)cc2)c2ccccc12. The Labute approximate surface area is 207 Å². The average Bonchev–Trinajstić information content (AvgIpc) is 2.90. The summed E-state index contributed by atoms with van der Waals surface area (Å²) < 4.78 is 27.2. The maximum atomic E-state index is 14.0. The highest BCUT2D eigenvalue weighted by molar-refractivity contribution is 6.00. The number of benzene rings is 3. The monoisotopic (exact) mass is 483 g/mol. The smallest absolute Gasteiger partial charge is 0.227 e. The number of rotatable bonds is 4. The van der Waals surface area contributed by atoms with Crippen molar-refractivity contribution in [2.75, 3.05) is 24.5 Å². The maximum absolute atomic E-state index is 14.0. The van der Waals surface area contributed by atoms with E-state index >= 15 is 0 Å². The minimum atomic E-state index is -0.709. The molecule has 1 amide bonds. The van der Waals surface area contributed by atoms with Gasteiger partial charge in [0.2, 0.25) is 5.91 Å². The van der Waals surface area contributed by atoms with Crippen LogP contribution in [0.4, 0.5) is 14.6 Å². The number of halogens is 2. The highest BCUT2D eigenvalue weighted by Gasteiger charge is 2.29. The summed E-state index contributed by atoms with van der Waals surface area (Å²) in [6, 6.07) is 20.5. The molecule has 0 spiro atoms. The topological polar surface area (TPSA) is 73.1 Å². The molecule has 1 saturated heterocycles. The fourth-order valence-electron chi connectivity index (χ4n) is 4.66. The summed E-state index contributed by atoms with van der Waals surface area (Å²) in [5, 5.41) is 20.1. The fraction of sp³-hybridized carbons (Fsp3) is 0.214. The Kier molecular flexibility index (Phi) is 6.30. The molecule has 0 aliphatic carbocycles. The molecule has 3 aromatic carbocycles. The predicted octanol–water partition coefficient (Wildman–Crippen LogP) is 4.73. The molecule has 4 aromatic rings. The second-order valence-electron chi connectivity index (χ2n) is 8.90. The molecule has 0 N–H and O–H groups in total. The molecular weight excluding hydrogens is 460 g/mol. The van der Waals surface area contributed by atoms with Crippen LogP contribution in [0.3, 0.4) is 0 Å². The van der Waals surface area contributed by atoms with Gasteiger partial charge in [0.25, 0.3) is 0 Å². The molecule has 6 nitrogen and oxygen atoms in total. The summed E-state index contributed by atoms with van der Waals surface area (Å²) in [7, 11) is 0. The molecule has 0 radical (unpaired) electrons. The molecule has 180 valence electrons. The highest BCUT2D eigenvalue weighted by atomic mass is 19.1. The van der Waals surface area contributed by atoms with Gasteiger partial charge in [0.1, 0.15) is 17.3 Å². The van der Waals surface area contributed by atoms with Crippen LogP contribution in [0.1, 0.15) is 18.1 Å². The third-order valence-corrected chi connectivity index (χ3v) is 6.56. The number of piperazine rings is 1. The first-order chi connectivity index (χ1) is 17.4. The van der Waals surface area contributed by atoms with Crippen LogP contribution in [0.5, 0.6) is 0 Å². The number of carbonyl (C=O) groups is 1. The van der Waals surface area contributed by atoms with Crippen molar-refractivity contribution in [3.8, 4) is 17.3 Å². The lowest BCUT2D eigenvalue weighted by molar-refractivity contribution is -0.131. The summed E-state index contributed by atoms with van der Waals surface area (Å²) >= 11 is 0. The number of hydrogen-bond acceptors (Lipinski definition) is 5. The van der Waals surface area contributed by atoms with Crippen molar-refractivity contribution in [1.82, 2.24) is 15.1 Å². The molecule has 36 heavy (non-hydrogen) atoms. The highest BCUT2D eigenvalue weighted by Crippen LogP contribution is 2.33. The Morgan fingerprint density at radius 2 is 1.78 bits per heavy atom. The molecule has 2 heterocycles. The first-order valence-corrected chi connectivity index (χ1v) is 11.7. The van der Waals surface area contributed by atoms with E-state index in [9.17, 15) is 13.6 Å². The molecule has 1 aliphatic heterocycles. The van der Waals surface area contributed by atoms with E-state index in [-0.39, 0.29) is 23.9 Å². The van der Waals surface area contributed by atoms with Crippen LogP contribution in [-0.2, 0) is 11.2 Å². The molecule has 5 rings (SSSR count). The Morgan fingerprint density at radius 3 is 2.47 bits per heavy atom. The normalized spacial score (nSPS) is 15.7. The summed E-state index contributed by atoms with van der Waals surface area (Å²) in [5.41, 5.74) is 2.38. The van der Waals surface area contributed by atoms with Crippen molar-refractivity contribution in [2.24, 2.45) is 0 Å². The predicted molar refractivity (Wildman–Crippen MR) is 133 cm³/mol. The van der Waals surface area contributed by atoms with Gasteiger partial charge in [-0.2, -0.15) is 5.26 Å². The lowest BCUT2D eigenvalue weighted by atomic mass is 10.0. The van der Waals surface area contributed by atoms with Crippen LogP contribution in [0.25, 0.3) is 22.0 Å². The average molecular weight is 484 g/mol. The first kappa shape index (κ1) is 23.4. The van der Waals surface area contributed by atoms with Crippen LogP contribution in [0, 0.1) is 23.0 Å². The molecule has 0 saturated carbocycles. The van der Waals surface area contributed by atoms with E-state index in [1.54, 1.807) is 17.0 Å². The number of nitriles is 1. The number of amides is 1. The standard InChI is InChI=1S/C28H23F2N5O/c1-18-17-34(26(36)14-21-10-11-22(29)15-25(21)30)12-13-35(18)28-24-5-3-2-4-23(24)27(32-33-28)20-8-6-19(16-31)7-9-20/h2-11,15,18H,12-14,17H2,1H3/t18-/m0/s1. The zero-order valence-corrected chi connectivity index (χ0v) is 19.7. The third-order valence-electron chi connectivity index (χ3n) is 6.56. The van der Waals surface area contributed by atoms with Crippen LogP contribution < -0.4 is 4.90 Å². The molecule has 0 bridgehead atoms. The van der Waals surface area contributed by atoms with Gasteiger partial charge in [-0.1, -0.05) is 42.5 Å². The van der Waals surface area contributed by atoms with Crippen LogP contribution in [-0.4, -0.2) is 46.7 Å². The Balaban J connectivity index is 1.37. The number of carbonyl (C=O) groups excluding carboxylic acids is 1. The second-order valence-corrected chi connectivity index (χ2v) is 8.90. The van der Waals surface area contributed by atoms with E-state index < -0.39 is 11.6 Å². The first-order valence-electron chi connectivity index (χ1n) is 11.7. The number of nitrogens with zero attached hydrogens (tertiary/aromatic N) is 5. The lowest BCUT2D eigenvalue weighted by Crippen LogP contribution is -2.54. The van der Waals surface area contributed by atoms with E-state index in [2.05, 4.69) is 21.2 Å². The molecule has 1 aliphatic rings. The number of fused-ring (bicyclic) bond motifs is 1. The largest absolute Gasteiger partial charge is 0.348 e. The Morgan fingerprint density at radius 1 is 1.03 bits per heavy atom. The Bertz CT molecular complexity index is 1480. The number of anilines is 1. The molecule has 1 fully saturated rings. The molecular formula is C28H23F2N5O. The van der Waals surface area contributed by atoms with E-state index in [1.807, 2.05) is 43.3 Å². The lowest BCUT2D eigenvalue weighted by Gasteiger charge is -2.40. The summed E-state index contributed by atoms with van der Waals surface area (Å²) in [4.78, 5) is 16.7. The molecule has 1 aromatic heterocycles. The van der Waals surface area contributed by atoms with E-state index in [1.165, 1.54) is 6.07 Å². The van der Waals surface area contributed by atoms with Gasteiger partial charge < -0.3 is 9.80 Å². The van der Waals surface area contributed by atoms with Gasteiger partial charge in [0, 0.05) is 48.1 Å². The maximum Gasteiger partial charge on any atom is 0.227 e. The second kappa shape index (κ2) is 9.70. The van der Waals surface area contributed by atoms with Crippen LogP contribution in [0.15, 0.2) is 66.7 Å². The quantitative estimate of drug-likeness (QED) is 0.420. The minimum absolute atomic E-state index is 0.0424. The van der Waals surface area contributed by atoms with Crippen molar-refractivity contribution in [1.29, 1.82) is 5.26 Å². The zero-order valence-electron chi connectivity index (χ0n) is 19.7. The third kappa shape index (κ3) is 4.48. The molecule has 1 atom stereocenters. The van der Waals surface area contributed by atoms with Gasteiger partial charge >= 0.3 is 0 Å². The fourth-order valence-corrected chi connectivity index (χ4v) is 4.66. The molecule has 8 heteroatoms. The number of hydrogen-bond donors (Lipinski definition) is 0. The van der Waals surface area contributed by atoms with Gasteiger partial charge in [-0.05, 0) is 30.7 Å². The van der Waals surface area contributed by atoms with Crippen molar-refractivity contribution >= 4 is 22.5 Å². The van der Waals surface area contributed by atoms with Crippen molar-refractivity contribution in [3.05, 3.63) is 89.5 Å². The van der Waals surface area contributed by atoms with Gasteiger partial charge in [-0.25, -0.2) is 8.78 Å². The van der Waals surface area contributed by atoms with Gasteiger partial charge in [0.05, 0.1) is 18.1 Å². The van der Waals surface area contributed by atoms with Crippen molar-refractivity contribution in [3.63, 3.8) is 0 Å². The van der Waals surface area contributed by atoms with Crippen molar-refractivity contribution in [2.45, 2.75) is 19.4 Å². The summed E-state index contributed by atoms with van der Waals surface area (Å²) in [6.07, 6.45) is -0.110. The summed E-state index contributed by atoms with van der Waals surface area (Å²) in [6.45, 7) is 3.48. The number of aromatic nitrogens is 2. The minimum Gasteiger partial charge on any atom is -0.348 e. The molecule has 0 unspecified atom stereocenters. The zero-order chi connectivity index (χ0) is 25.2. The van der Waals surface area contributed by atoms with E-state index in [0.29, 0.717) is 25.2 Å². The van der Waals surface area contributed by atoms with Crippen LogP contribution in [0.2, 0.25) is 0 Å². The van der Waals surface area contributed by atoms with E-state index in [4.69, 9.17) is 5.26 Å². The van der Waals surface area contributed by atoms with Gasteiger partial charge in [-0.3, -0.25) is 4.79 Å².